The molecule has 0 nitrogen and oxygen atoms in total. The molecule has 0 aliphatic rings. The molecule has 0 atom stereocenters. The molecule has 0 spiro atoms. The zero-order valence-electron chi connectivity index (χ0n) is 11.9. The molecule has 0 radical (unpaired) electrons. The smallest absolute Gasteiger partial charge is 0.0191 e. The van der Waals surface area contributed by atoms with Gasteiger partial charge in [0.05, 0.1) is 0 Å². The summed E-state index contributed by atoms with van der Waals surface area (Å²) < 4.78 is 0. The van der Waals surface area contributed by atoms with E-state index < -0.39 is 0 Å². The highest BCUT2D eigenvalue weighted by molar-refractivity contribution is 5.48. The van der Waals surface area contributed by atoms with Crippen LogP contribution >= 0.6 is 0 Å². The average Bonchev–Trinajstić information content (AvgIpc) is 2.33. The van der Waals surface area contributed by atoms with Crippen LogP contribution in [0.25, 0.3) is 0 Å². The average molecular weight is 220 g/mol. The van der Waals surface area contributed by atoms with Gasteiger partial charge >= 0.3 is 0 Å². The molecule has 0 fully saturated rings. The molecular formula is C16H28. The molecule has 0 aromatic rings. The van der Waals surface area contributed by atoms with Crippen molar-refractivity contribution in [3.05, 3.63) is 60.8 Å². The lowest BCUT2D eigenvalue weighted by Crippen LogP contribution is -1.84. The second kappa shape index (κ2) is 16.1. The van der Waals surface area contributed by atoms with Gasteiger partial charge in [-0.05, 0) is 25.0 Å². The van der Waals surface area contributed by atoms with Crippen molar-refractivity contribution in [3.8, 4) is 0 Å². The lowest BCUT2D eigenvalue weighted by molar-refractivity contribution is 1.32. The molecular weight excluding hydrogens is 192 g/mol. The van der Waals surface area contributed by atoms with Gasteiger partial charge in [-0.15, -0.1) is 0 Å². The summed E-state index contributed by atoms with van der Waals surface area (Å²) >= 11 is 0. The Balaban J connectivity index is -0.000000376. The highest BCUT2D eigenvalue weighted by Crippen LogP contribution is 2.16. The van der Waals surface area contributed by atoms with E-state index in [2.05, 4.69) is 33.6 Å². The Morgan fingerprint density at radius 3 is 1.44 bits per heavy atom. The van der Waals surface area contributed by atoms with Gasteiger partial charge in [0, 0.05) is 0 Å². The minimum absolute atomic E-state index is 1.07. The van der Waals surface area contributed by atoms with Crippen LogP contribution in [0, 0.1) is 0 Å². The van der Waals surface area contributed by atoms with Gasteiger partial charge in [-0.25, -0.2) is 0 Å². The maximum atomic E-state index is 3.75. The Morgan fingerprint density at radius 1 is 0.812 bits per heavy atom. The summed E-state index contributed by atoms with van der Waals surface area (Å²) in [7, 11) is 0. The van der Waals surface area contributed by atoms with E-state index in [-0.39, 0.29) is 0 Å². The quantitative estimate of drug-likeness (QED) is 0.520. The monoisotopic (exact) mass is 220 g/mol. The topological polar surface area (TPSA) is 0 Å². The van der Waals surface area contributed by atoms with Crippen molar-refractivity contribution < 1.29 is 0 Å². The van der Waals surface area contributed by atoms with Gasteiger partial charge in [-0.1, -0.05) is 77.3 Å². The Hall–Kier alpha value is -1.30. The van der Waals surface area contributed by atoms with E-state index >= 15 is 0 Å². The van der Waals surface area contributed by atoms with E-state index in [0.717, 1.165) is 11.1 Å². The van der Waals surface area contributed by atoms with Crippen molar-refractivity contribution in [1.29, 1.82) is 0 Å². The standard InChI is InChI=1S/C12H16.2C2H6/c1-6-9-11(7-2)12(8-3)10(4)5;2*1-2/h6-9H,1-3H2,4-5H3;2*1-2H3/b11-9-;;. The third-order valence-corrected chi connectivity index (χ3v) is 1.57. The largest absolute Gasteiger partial charge is 0.0990 e. The summed E-state index contributed by atoms with van der Waals surface area (Å²) in [5.41, 5.74) is 3.43. The van der Waals surface area contributed by atoms with Crippen molar-refractivity contribution in [2.45, 2.75) is 41.5 Å². The minimum atomic E-state index is 1.07. The van der Waals surface area contributed by atoms with Gasteiger partial charge in [-0.2, -0.15) is 0 Å². The minimum Gasteiger partial charge on any atom is -0.0990 e. The second-order valence-electron chi connectivity index (χ2n) is 2.68. The molecule has 0 saturated heterocycles. The molecule has 0 aromatic carbocycles. The first-order chi connectivity index (χ1) is 7.67. The zero-order chi connectivity index (χ0) is 13.6. The van der Waals surface area contributed by atoms with Crippen molar-refractivity contribution in [2.75, 3.05) is 0 Å². The SMILES string of the molecule is C=C/C=C(/C=C)C(C=C)=C(C)C.CC.CC. The van der Waals surface area contributed by atoms with Crippen LogP contribution in [0.1, 0.15) is 41.5 Å². The number of hydrogen-bond donors (Lipinski definition) is 0. The lowest BCUT2D eigenvalue weighted by atomic mass is 10.0. The molecule has 0 unspecified atom stereocenters. The molecule has 0 aliphatic heterocycles. The third-order valence-electron chi connectivity index (χ3n) is 1.57. The van der Waals surface area contributed by atoms with Crippen LogP contribution in [0.2, 0.25) is 0 Å². The summed E-state index contributed by atoms with van der Waals surface area (Å²) in [6, 6.07) is 0. The fourth-order valence-corrected chi connectivity index (χ4v) is 1.01. The van der Waals surface area contributed by atoms with Crippen LogP contribution in [-0.4, -0.2) is 0 Å². The van der Waals surface area contributed by atoms with Gasteiger partial charge in [0.25, 0.3) is 0 Å². The first kappa shape index (κ1) is 20.2. The molecule has 92 valence electrons. The van der Waals surface area contributed by atoms with E-state index in [4.69, 9.17) is 0 Å². The van der Waals surface area contributed by atoms with E-state index in [0.29, 0.717) is 0 Å². The lowest BCUT2D eigenvalue weighted by Gasteiger charge is -2.04. The summed E-state index contributed by atoms with van der Waals surface area (Å²) in [5, 5.41) is 0. The first-order valence-electron chi connectivity index (χ1n) is 5.92. The summed E-state index contributed by atoms with van der Waals surface area (Å²) in [5.74, 6) is 0. The molecule has 0 heteroatoms. The second-order valence-corrected chi connectivity index (χ2v) is 2.68. The molecule has 0 N–H and O–H groups in total. The van der Waals surface area contributed by atoms with E-state index in [9.17, 15) is 0 Å². The van der Waals surface area contributed by atoms with E-state index in [1.807, 2.05) is 45.9 Å². The van der Waals surface area contributed by atoms with Gasteiger partial charge in [0.2, 0.25) is 0 Å². The molecule has 0 aromatic heterocycles. The number of hydrogen-bond acceptors (Lipinski definition) is 0. The van der Waals surface area contributed by atoms with Crippen LogP contribution in [-0.2, 0) is 0 Å². The van der Waals surface area contributed by atoms with Crippen LogP contribution in [0.4, 0.5) is 0 Å². The Bertz CT molecular complexity index is 245. The summed E-state index contributed by atoms with van der Waals surface area (Å²) in [6.07, 6.45) is 7.33. The van der Waals surface area contributed by atoms with Crippen LogP contribution in [0.3, 0.4) is 0 Å². The van der Waals surface area contributed by atoms with E-state index in [1.165, 1.54) is 5.57 Å². The highest BCUT2D eigenvalue weighted by Gasteiger charge is 1.97. The van der Waals surface area contributed by atoms with Crippen molar-refractivity contribution in [2.24, 2.45) is 0 Å². The first-order valence-corrected chi connectivity index (χ1v) is 5.92. The molecule has 16 heavy (non-hydrogen) atoms. The van der Waals surface area contributed by atoms with Crippen molar-refractivity contribution in [3.63, 3.8) is 0 Å². The molecule has 0 saturated carbocycles. The van der Waals surface area contributed by atoms with Crippen molar-refractivity contribution >= 4 is 0 Å². The molecule has 0 heterocycles. The Morgan fingerprint density at radius 2 is 1.25 bits per heavy atom. The van der Waals surface area contributed by atoms with Crippen LogP contribution in [0.5, 0.6) is 0 Å². The summed E-state index contributed by atoms with van der Waals surface area (Å²) in [4.78, 5) is 0. The van der Waals surface area contributed by atoms with E-state index in [1.54, 1.807) is 6.08 Å². The Labute approximate surface area is 103 Å². The molecule has 0 amide bonds. The Kier molecular flexibility index (Phi) is 20.3. The van der Waals surface area contributed by atoms with Crippen LogP contribution in [0.15, 0.2) is 60.8 Å². The summed E-state index contributed by atoms with van der Waals surface area (Å²) in [6.45, 7) is 23.2. The maximum Gasteiger partial charge on any atom is -0.0191 e. The van der Waals surface area contributed by atoms with Gasteiger partial charge < -0.3 is 0 Å². The fraction of sp³-hybridized carbons (Fsp3) is 0.375. The normalized spacial score (nSPS) is 8.50. The number of rotatable bonds is 4. The maximum absolute atomic E-state index is 3.75. The van der Waals surface area contributed by atoms with Gasteiger partial charge in [-0.3, -0.25) is 0 Å². The molecule has 0 aliphatic carbocycles. The predicted molar refractivity (Wildman–Crippen MR) is 79.7 cm³/mol. The predicted octanol–water partition coefficient (Wildman–Crippen LogP) is 5.86. The number of allylic oxidation sites excluding steroid dienone is 7. The molecule has 0 rings (SSSR count). The highest BCUT2D eigenvalue weighted by atomic mass is 14.0. The van der Waals surface area contributed by atoms with Crippen LogP contribution < -0.4 is 0 Å². The molecule has 0 bridgehead atoms. The van der Waals surface area contributed by atoms with Gasteiger partial charge in [0.15, 0.2) is 0 Å². The zero-order valence-corrected chi connectivity index (χ0v) is 11.9. The third kappa shape index (κ3) is 9.26. The van der Waals surface area contributed by atoms with Gasteiger partial charge in [0.1, 0.15) is 0 Å². The fourth-order valence-electron chi connectivity index (χ4n) is 1.01. The van der Waals surface area contributed by atoms with Crippen molar-refractivity contribution in [1.82, 2.24) is 0 Å².